The Bertz CT molecular complexity index is 736. The molecule has 8 nitrogen and oxygen atoms in total. The van der Waals surface area contributed by atoms with E-state index in [1.165, 1.54) is 6.33 Å². The molecule has 0 saturated carbocycles. The Morgan fingerprint density at radius 3 is 2.48 bits per heavy atom. The molecule has 0 unspecified atom stereocenters. The van der Waals surface area contributed by atoms with E-state index in [4.69, 9.17) is 0 Å². The normalized spacial score (nSPS) is 14.9. The summed E-state index contributed by atoms with van der Waals surface area (Å²) in [6, 6.07) is 7.40. The van der Waals surface area contributed by atoms with Gasteiger partial charge >= 0.3 is 0 Å². The Labute approximate surface area is 159 Å². The molecule has 2 amide bonds. The highest BCUT2D eigenvalue weighted by atomic mass is 16.2. The Kier molecular flexibility index (Phi) is 6.54. The number of hydrogen-bond acceptors (Lipinski definition) is 5. The van der Waals surface area contributed by atoms with Crippen LogP contribution in [0.4, 0.5) is 0 Å². The first-order valence-corrected chi connectivity index (χ1v) is 9.29. The van der Waals surface area contributed by atoms with Crippen LogP contribution in [-0.4, -0.2) is 75.6 Å². The van der Waals surface area contributed by atoms with Crippen LogP contribution in [-0.2, 0) is 11.3 Å². The van der Waals surface area contributed by atoms with Gasteiger partial charge in [0.1, 0.15) is 12.7 Å². The number of piperazine rings is 1. The van der Waals surface area contributed by atoms with E-state index in [-0.39, 0.29) is 11.8 Å². The average molecular weight is 370 g/mol. The molecule has 3 rings (SSSR count). The lowest BCUT2D eigenvalue weighted by Crippen LogP contribution is -2.49. The predicted molar refractivity (Wildman–Crippen MR) is 101 cm³/mol. The lowest BCUT2D eigenvalue weighted by molar-refractivity contribution is -0.132. The van der Waals surface area contributed by atoms with Gasteiger partial charge in [-0.05, 0) is 19.1 Å². The van der Waals surface area contributed by atoms with E-state index in [0.717, 1.165) is 44.8 Å². The van der Waals surface area contributed by atoms with Gasteiger partial charge in [-0.2, -0.15) is 5.10 Å². The number of nitrogens with one attached hydrogen (secondary N) is 1. The first kappa shape index (κ1) is 19.0. The van der Waals surface area contributed by atoms with Crippen molar-refractivity contribution >= 4 is 11.8 Å². The van der Waals surface area contributed by atoms with E-state index < -0.39 is 0 Å². The third kappa shape index (κ3) is 5.62. The molecule has 2 aromatic rings. The Morgan fingerprint density at radius 1 is 1.07 bits per heavy atom. The van der Waals surface area contributed by atoms with E-state index in [1.807, 2.05) is 28.6 Å². The lowest BCUT2D eigenvalue weighted by Gasteiger charge is -2.34. The van der Waals surface area contributed by atoms with Crippen molar-refractivity contribution in [2.24, 2.45) is 0 Å². The number of benzene rings is 1. The second-order valence-corrected chi connectivity index (χ2v) is 6.75. The Hall–Kier alpha value is -2.74. The molecule has 1 saturated heterocycles. The zero-order chi connectivity index (χ0) is 19.1. The fraction of sp³-hybridized carbons (Fsp3) is 0.474. The second kappa shape index (κ2) is 9.27. The van der Waals surface area contributed by atoms with Crippen molar-refractivity contribution in [1.29, 1.82) is 0 Å². The largest absolute Gasteiger partial charge is 0.352 e. The molecule has 0 atom stereocenters. The minimum absolute atomic E-state index is 0.0927. The van der Waals surface area contributed by atoms with Crippen molar-refractivity contribution in [3.63, 3.8) is 0 Å². The standard InChI is InChI=1S/C19H26N6O2/c1-16-2-4-17(5-3-16)19(27)21-7-6-18(26)24-11-8-23(9-12-24)10-13-25-15-20-14-22-25/h2-5,14-15H,6-13H2,1H3,(H,21,27). The van der Waals surface area contributed by atoms with Crippen molar-refractivity contribution < 1.29 is 9.59 Å². The monoisotopic (exact) mass is 370 g/mol. The zero-order valence-corrected chi connectivity index (χ0v) is 15.7. The number of amides is 2. The van der Waals surface area contributed by atoms with Crippen LogP contribution in [0.1, 0.15) is 22.3 Å². The van der Waals surface area contributed by atoms with Gasteiger partial charge in [-0.1, -0.05) is 17.7 Å². The number of hydrogen-bond donors (Lipinski definition) is 1. The summed E-state index contributed by atoms with van der Waals surface area (Å²) in [7, 11) is 0. The van der Waals surface area contributed by atoms with E-state index in [0.29, 0.717) is 18.5 Å². The molecular formula is C19H26N6O2. The Morgan fingerprint density at radius 2 is 1.81 bits per heavy atom. The van der Waals surface area contributed by atoms with E-state index in [1.54, 1.807) is 18.5 Å². The summed E-state index contributed by atoms with van der Waals surface area (Å²) < 4.78 is 1.81. The SMILES string of the molecule is Cc1ccc(C(=O)NCCC(=O)N2CCN(CCn3cncn3)CC2)cc1. The van der Waals surface area contributed by atoms with Crippen LogP contribution in [0.3, 0.4) is 0 Å². The molecule has 27 heavy (non-hydrogen) atoms. The van der Waals surface area contributed by atoms with E-state index >= 15 is 0 Å². The number of rotatable bonds is 7. The first-order valence-electron chi connectivity index (χ1n) is 9.29. The van der Waals surface area contributed by atoms with Gasteiger partial charge in [0.05, 0.1) is 6.54 Å². The van der Waals surface area contributed by atoms with Crippen LogP contribution in [0, 0.1) is 6.92 Å². The topological polar surface area (TPSA) is 83.4 Å². The number of aryl methyl sites for hydroxylation is 1. The minimum atomic E-state index is -0.138. The molecule has 1 N–H and O–H groups in total. The van der Waals surface area contributed by atoms with Gasteiger partial charge in [-0.25, -0.2) is 4.98 Å². The molecule has 0 aliphatic carbocycles. The maximum atomic E-state index is 12.3. The number of nitrogens with zero attached hydrogens (tertiary/aromatic N) is 5. The first-order chi connectivity index (χ1) is 13.1. The molecule has 1 aliphatic heterocycles. The molecule has 2 heterocycles. The summed E-state index contributed by atoms with van der Waals surface area (Å²) in [6.07, 6.45) is 3.58. The van der Waals surface area contributed by atoms with Gasteiger partial charge in [0.15, 0.2) is 0 Å². The zero-order valence-electron chi connectivity index (χ0n) is 15.7. The summed E-state index contributed by atoms with van der Waals surface area (Å²) in [5.74, 6) is -0.0455. The molecule has 0 bridgehead atoms. The molecule has 144 valence electrons. The molecule has 8 heteroatoms. The molecule has 1 aliphatic rings. The third-order valence-electron chi connectivity index (χ3n) is 4.78. The highest BCUT2D eigenvalue weighted by molar-refractivity contribution is 5.94. The maximum absolute atomic E-state index is 12.3. The number of carbonyl (C=O) groups excluding carboxylic acids is 2. The van der Waals surface area contributed by atoms with Crippen LogP contribution in [0.15, 0.2) is 36.9 Å². The lowest BCUT2D eigenvalue weighted by atomic mass is 10.1. The molecule has 0 spiro atoms. The number of aromatic nitrogens is 3. The average Bonchev–Trinajstić information content (AvgIpc) is 3.21. The van der Waals surface area contributed by atoms with Crippen LogP contribution >= 0.6 is 0 Å². The molecule has 0 radical (unpaired) electrons. The van der Waals surface area contributed by atoms with Gasteiger partial charge < -0.3 is 10.2 Å². The van der Waals surface area contributed by atoms with Crippen molar-refractivity contribution in [2.45, 2.75) is 19.9 Å². The van der Waals surface area contributed by atoms with Crippen molar-refractivity contribution in [3.05, 3.63) is 48.0 Å². The van der Waals surface area contributed by atoms with Gasteiger partial charge in [0.2, 0.25) is 5.91 Å². The minimum Gasteiger partial charge on any atom is -0.352 e. The van der Waals surface area contributed by atoms with Gasteiger partial charge in [-0.3, -0.25) is 19.2 Å². The summed E-state index contributed by atoms with van der Waals surface area (Å²) in [6.45, 7) is 7.21. The molecule has 1 fully saturated rings. The van der Waals surface area contributed by atoms with E-state index in [9.17, 15) is 9.59 Å². The summed E-state index contributed by atoms with van der Waals surface area (Å²) in [4.78, 5) is 32.6. The van der Waals surface area contributed by atoms with Crippen LogP contribution in [0.2, 0.25) is 0 Å². The summed E-state index contributed by atoms with van der Waals surface area (Å²) in [5, 5.41) is 6.92. The van der Waals surface area contributed by atoms with E-state index in [2.05, 4.69) is 20.3 Å². The van der Waals surface area contributed by atoms with Crippen molar-refractivity contribution in [1.82, 2.24) is 29.9 Å². The van der Waals surface area contributed by atoms with Crippen molar-refractivity contribution in [3.8, 4) is 0 Å². The predicted octanol–water partition coefficient (Wildman–Crippen LogP) is 0.551. The molecule has 1 aromatic heterocycles. The third-order valence-corrected chi connectivity index (χ3v) is 4.78. The maximum Gasteiger partial charge on any atom is 0.251 e. The van der Waals surface area contributed by atoms with Gasteiger partial charge in [0.25, 0.3) is 5.91 Å². The van der Waals surface area contributed by atoms with Crippen LogP contribution < -0.4 is 5.32 Å². The fourth-order valence-corrected chi connectivity index (χ4v) is 3.06. The highest BCUT2D eigenvalue weighted by Crippen LogP contribution is 2.05. The second-order valence-electron chi connectivity index (χ2n) is 6.75. The molecular weight excluding hydrogens is 344 g/mol. The van der Waals surface area contributed by atoms with Crippen molar-refractivity contribution in [2.75, 3.05) is 39.3 Å². The smallest absolute Gasteiger partial charge is 0.251 e. The Balaban J connectivity index is 1.33. The summed E-state index contributed by atoms with van der Waals surface area (Å²) in [5.41, 5.74) is 1.73. The molecule has 1 aromatic carbocycles. The summed E-state index contributed by atoms with van der Waals surface area (Å²) >= 11 is 0. The fourth-order valence-electron chi connectivity index (χ4n) is 3.06. The van der Waals surface area contributed by atoms with Crippen LogP contribution in [0.5, 0.6) is 0 Å². The van der Waals surface area contributed by atoms with Gasteiger partial charge in [0, 0.05) is 51.3 Å². The highest BCUT2D eigenvalue weighted by Gasteiger charge is 2.20. The quantitative estimate of drug-likeness (QED) is 0.770. The number of carbonyl (C=O) groups is 2. The van der Waals surface area contributed by atoms with Gasteiger partial charge in [-0.15, -0.1) is 0 Å². The van der Waals surface area contributed by atoms with Crippen LogP contribution in [0.25, 0.3) is 0 Å².